The van der Waals surface area contributed by atoms with Crippen LogP contribution in [0.2, 0.25) is 0 Å². The molecule has 59 heavy (non-hydrogen) atoms. The van der Waals surface area contributed by atoms with Crippen LogP contribution in [0.1, 0.15) is 101 Å². The number of ether oxygens (including phenoxy) is 1. The number of imidazole rings is 2. The molecule has 2 N–H and O–H groups in total. The maximum atomic E-state index is 14.0. The molecular formula is C47H56N8O4. The lowest BCUT2D eigenvalue weighted by molar-refractivity contribution is -0.139. The van der Waals surface area contributed by atoms with E-state index in [9.17, 15) is 14.4 Å². The number of likely N-dealkylation sites (N-methyl/N-ethyl adjacent to an activating group) is 1. The van der Waals surface area contributed by atoms with Gasteiger partial charge in [-0.3, -0.25) is 19.4 Å². The van der Waals surface area contributed by atoms with Gasteiger partial charge in [0, 0.05) is 19.6 Å². The minimum absolute atomic E-state index is 0.0240. The van der Waals surface area contributed by atoms with Crippen LogP contribution in [-0.4, -0.2) is 103 Å². The summed E-state index contributed by atoms with van der Waals surface area (Å²) in [6.07, 6.45) is 9.21. The molecule has 12 heteroatoms. The van der Waals surface area contributed by atoms with E-state index >= 15 is 0 Å². The first-order chi connectivity index (χ1) is 28.4. The lowest BCUT2D eigenvalue weighted by Crippen LogP contribution is -2.54. The van der Waals surface area contributed by atoms with Gasteiger partial charge in [-0.1, -0.05) is 78.9 Å². The number of nitrogens with one attached hydrogen (secondary N) is 2. The maximum Gasteiger partial charge on any atom is 0.410 e. The van der Waals surface area contributed by atoms with Gasteiger partial charge in [-0.25, -0.2) is 14.8 Å². The van der Waals surface area contributed by atoms with E-state index in [-0.39, 0.29) is 29.9 Å². The van der Waals surface area contributed by atoms with Crippen molar-refractivity contribution in [1.82, 2.24) is 39.5 Å². The minimum Gasteiger partial charge on any atom is -0.444 e. The number of piperidine rings is 1. The zero-order chi connectivity index (χ0) is 41.3. The molecule has 0 radical (unpaired) electrons. The number of aromatic amines is 2. The standard InChI is InChI=1S/C47H56N8O4/c1-47(2,3)59-46(58)55-26-10-9-15-40(55)44(56)53-27-11-16-38(53)42-48-29-36(50-42)33-22-18-31(19-23-33)32-20-24-34(25-21-32)37-30-49-43(51-37)39-17-12-28-54(39)45(57)41(52(4)5)35-13-7-6-8-14-35/h6-8,13-14,18-25,29-30,38-41H,9-12,15-17,26-28H2,1-5H3,(H,48,50)(H,49,51)/t38-,39-,40+,41+/m0/s1. The SMILES string of the molecule is CN(C)[C@@H](C(=O)N1CCC[C@H]1c1ncc(-c2ccc(-c3ccc(-c4cnc([C@@H]5CCCN5C(=O)[C@H]5CCCCN5C(=O)OC(C)(C)C)[nH]4)cc3)cc2)[nH]1)c1ccccc1. The molecule has 0 unspecified atom stereocenters. The molecule has 5 heterocycles. The number of hydrogen-bond acceptors (Lipinski definition) is 7. The minimum atomic E-state index is -0.624. The first-order valence-electron chi connectivity index (χ1n) is 21.1. The van der Waals surface area contributed by atoms with E-state index in [0.29, 0.717) is 26.1 Å². The number of carbonyl (C=O) groups is 3. The van der Waals surface area contributed by atoms with E-state index in [2.05, 4.69) is 58.5 Å². The second-order valence-corrected chi connectivity index (χ2v) is 17.4. The Morgan fingerprint density at radius 2 is 1.17 bits per heavy atom. The van der Waals surface area contributed by atoms with Crippen molar-refractivity contribution >= 4 is 17.9 Å². The van der Waals surface area contributed by atoms with Crippen LogP contribution in [-0.2, 0) is 14.3 Å². The Morgan fingerprint density at radius 3 is 1.71 bits per heavy atom. The average Bonchev–Trinajstić information content (AvgIpc) is 4.08. The highest BCUT2D eigenvalue weighted by molar-refractivity contribution is 5.87. The highest BCUT2D eigenvalue weighted by Gasteiger charge is 2.41. The molecule has 12 nitrogen and oxygen atoms in total. The van der Waals surface area contributed by atoms with Crippen molar-refractivity contribution in [2.24, 2.45) is 0 Å². The molecule has 0 bridgehead atoms. The van der Waals surface area contributed by atoms with E-state index < -0.39 is 17.7 Å². The van der Waals surface area contributed by atoms with Gasteiger partial charge in [0.1, 0.15) is 29.3 Å². The van der Waals surface area contributed by atoms with Crippen molar-refractivity contribution in [1.29, 1.82) is 0 Å². The first-order valence-corrected chi connectivity index (χ1v) is 21.1. The molecule has 3 amide bonds. The number of amides is 3. The fourth-order valence-corrected chi connectivity index (χ4v) is 8.99. The van der Waals surface area contributed by atoms with E-state index in [1.807, 2.05) is 92.3 Å². The van der Waals surface area contributed by atoms with Crippen LogP contribution in [0.15, 0.2) is 91.3 Å². The van der Waals surface area contributed by atoms with Gasteiger partial charge in [-0.2, -0.15) is 0 Å². The highest BCUT2D eigenvalue weighted by atomic mass is 16.6. The van der Waals surface area contributed by atoms with E-state index in [4.69, 9.17) is 14.7 Å². The molecule has 3 aromatic carbocycles. The molecule has 3 saturated heterocycles. The molecule has 2 aromatic heterocycles. The molecule has 3 fully saturated rings. The summed E-state index contributed by atoms with van der Waals surface area (Å²) in [5.74, 6) is 1.66. The summed E-state index contributed by atoms with van der Waals surface area (Å²) in [4.78, 5) is 65.1. The Balaban J connectivity index is 0.914. The van der Waals surface area contributed by atoms with Gasteiger partial charge in [0.05, 0.1) is 35.9 Å². The van der Waals surface area contributed by atoms with Gasteiger partial charge >= 0.3 is 6.09 Å². The maximum absolute atomic E-state index is 14.0. The molecule has 3 aliphatic rings. The third-order valence-electron chi connectivity index (χ3n) is 11.9. The topological polar surface area (TPSA) is 131 Å². The molecule has 0 aliphatic carbocycles. The zero-order valence-corrected chi connectivity index (χ0v) is 34.9. The normalized spacial score (nSPS) is 20.3. The van der Waals surface area contributed by atoms with E-state index in [1.54, 1.807) is 4.90 Å². The quantitative estimate of drug-likeness (QED) is 0.153. The lowest BCUT2D eigenvalue weighted by Gasteiger charge is -2.38. The predicted octanol–water partition coefficient (Wildman–Crippen LogP) is 8.55. The van der Waals surface area contributed by atoms with E-state index in [1.165, 1.54) is 0 Å². The molecule has 8 rings (SSSR count). The Labute approximate surface area is 347 Å². The Morgan fingerprint density at radius 1 is 0.661 bits per heavy atom. The van der Waals surface area contributed by atoms with Crippen molar-refractivity contribution in [2.45, 2.75) is 95.5 Å². The summed E-state index contributed by atoms with van der Waals surface area (Å²) in [7, 11) is 3.91. The summed E-state index contributed by atoms with van der Waals surface area (Å²) >= 11 is 0. The largest absolute Gasteiger partial charge is 0.444 e. The highest BCUT2D eigenvalue weighted by Crippen LogP contribution is 2.37. The summed E-state index contributed by atoms with van der Waals surface area (Å²) in [5, 5.41) is 0. The van der Waals surface area contributed by atoms with Crippen molar-refractivity contribution in [3.8, 4) is 33.6 Å². The number of benzene rings is 3. The molecular weight excluding hydrogens is 741 g/mol. The average molecular weight is 797 g/mol. The van der Waals surface area contributed by atoms with Gasteiger partial charge in [-0.05, 0) is 108 Å². The van der Waals surface area contributed by atoms with Crippen LogP contribution in [0.5, 0.6) is 0 Å². The number of hydrogen-bond donors (Lipinski definition) is 2. The lowest BCUT2D eigenvalue weighted by atomic mass is 10.0. The van der Waals surface area contributed by atoms with Gasteiger partial charge in [0.15, 0.2) is 0 Å². The first kappa shape index (κ1) is 40.0. The van der Waals surface area contributed by atoms with Gasteiger partial charge < -0.3 is 24.5 Å². The smallest absolute Gasteiger partial charge is 0.410 e. The monoisotopic (exact) mass is 796 g/mol. The summed E-state index contributed by atoms with van der Waals surface area (Å²) in [6.45, 7) is 7.43. The van der Waals surface area contributed by atoms with Crippen molar-refractivity contribution in [3.05, 3.63) is 108 Å². The predicted molar refractivity (Wildman–Crippen MR) is 228 cm³/mol. The van der Waals surface area contributed by atoms with Crippen LogP contribution in [0.25, 0.3) is 33.6 Å². The number of rotatable bonds is 9. The Kier molecular flexibility index (Phi) is 11.4. The second-order valence-electron chi connectivity index (χ2n) is 17.4. The van der Waals surface area contributed by atoms with Crippen molar-refractivity contribution in [3.63, 3.8) is 0 Å². The van der Waals surface area contributed by atoms with Crippen LogP contribution in [0.3, 0.4) is 0 Å². The number of nitrogens with zero attached hydrogens (tertiary/aromatic N) is 6. The zero-order valence-electron chi connectivity index (χ0n) is 34.9. The second kappa shape index (κ2) is 16.8. The third-order valence-corrected chi connectivity index (χ3v) is 11.9. The molecule has 0 spiro atoms. The molecule has 0 saturated carbocycles. The fourth-order valence-electron chi connectivity index (χ4n) is 8.99. The Bertz CT molecular complexity index is 2240. The molecule has 3 aliphatic heterocycles. The Hall–Kier alpha value is -5.75. The van der Waals surface area contributed by atoms with Crippen LogP contribution in [0.4, 0.5) is 4.79 Å². The molecule has 4 atom stereocenters. The number of aromatic nitrogens is 4. The number of carbonyl (C=O) groups excluding carboxylic acids is 3. The van der Waals surface area contributed by atoms with Gasteiger partial charge in [0.25, 0.3) is 0 Å². The third kappa shape index (κ3) is 8.55. The van der Waals surface area contributed by atoms with Crippen molar-refractivity contribution in [2.75, 3.05) is 33.7 Å². The van der Waals surface area contributed by atoms with E-state index in [0.717, 1.165) is 89.4 Å². The fraction of sp³-hybridized carbons (Fsp3) is 0.426. The molecule has 308 valence electrons. The summed E-state index contributed by atoms with van der Waals surface area (Å²) in [6, 6.07) is 25.7. The van der Waals surface area contributed by atoms with Crippen LogP contribution < -0.4 is 0 Å². The molecule has 5 aromatic rings. The van der Waals surface area contributed by atoms with Gasteiger partial charge in [0.2, 0.25) is 11.8 Å². The van der Waals surface area contributed by atoms with Crippen LogP contribution >= 0.6 is 0 Å². The summed E-state index contributed by atoms with van der Waals surface area (Å²) < 4.78 is 5.67. The van der Waals surface area contributed by atoms with Gasteiger partial charge in [-0.15, -0.1) is 0 Å². The summed E-state index contributed by atoms with van der Waals surface area (Å²) in [5.41, 5.74) is 6.40. The number of likely N-dealkylation sites (tertiary alicyclic amines) is 3. The van der Waals surface area contributed by atoms with Crippen molar-refractivity contribution < 1.29 is 19.1 Å². The number of H-pyrrole nitrogens is 2. The van der Waals surface area contributed by atoms with Crippen LogP contribution in [0, 0.1) is 0 Å².